The third-order valence-corrected chi connectivity index (χ3v) is 3.67. The van der Waals surface area contributed by atoms with Crippen LogP contribution >= 0.6 is 23.2 Å². The zero-order valence-corrected chi connectivity index (χ0v) is 13.4. The Bertz CT molecular complexity index is 679. The minimum absolute atomic E-state index is 0.0341. The van der Waals surface area contributed by atoms with Crippen molar-refractivity contribution in [1.82, 2.24) is 5.32 Å². The third-order valence-electron chi connectivity index (χ3n) is 3.12. The average Bonchev–Trinajstić information content (AvgIpc) is 2.47. The molecule has 0 saturated heterocycles. The molecular weight excluding hydrogens is 326 g/mol. The Kier molecular flexibility index (Phi) is 5.77. The lowest BCUT2D eigenvalue weighted by molar-refractivity contribution is -0.115. The first-order chi connectivity index (χ1) is 10.5. The summed E-state index contributed by atoms with van der Waals surface area (Å²) in [5, 5.41) is 6.53. The van der Waals surface area contributed by atoms with Crippen LogP contribution in [0, 0.1) is 5.82 Å². The number of carbonyl (C=O) groups excluding carboxylic acids is 1. The fourth-order valence-corrected chi connectivity index (χ4v) is 2.34. The lowest BCUT2D eigenvalue weighted by atomic mass is 10.1. The van der Waals surface area contributed by atoms with Crippen molar-refractivity contribution in [2.24, 2.45) is 0 Å². The largest absolute Gasteiger partial charge is 0.324 e. The van der Waals surface area contributed by atoms with Crippen molar-refractivity contribution in [2.75, 3.05) is 11.9 Å². The summed E-state index contributed by atoms with van der Waals surface area (Å²) in [6.07, 6.45) is 0. The lowest BCUT2D eigenvalue weighted by Gasteiger charge is -2.14. The summed E-state index contributed by atoms with van der Waals surface area (Å²) in [6.45, 7) is 2.03. The highest BCUT2D eigenvalue weighted by atomic mass is 35.5. The summed E-state index contributed by atoms with van der Waals surface area (Å²) in [5.74, 6) is -0.710. The van der Waals surface area contributed by atoms with Crippen LogP contribution < -0.4 is 10.6 Å². The van der Waals surface area contributed by atoms with E-state index in [0.717, 1.165) is 11.6 Å². The van der Waals surface area contributed by atoms with Crippen LogP contribution in [0.2, 0.25) is 10.0 Å². The van der Waals surface area contributed by atoms with Crippen molar-refractivity contribution in [3.63, 3.8) is 0 Å². The van der Waals surface area contributed by atoms with E-state index in [1.807, 2.05) is 25.1 Å². The second-order valence-electron chi connectivity index (χ2n) is 4.83. The van der Waals surface area contributed by atoms with Crippen LogP contribution in [0.15, 0.2) is 42.5 Å². The van der Waals surface area contributed by atoms with Crippen LogP contribution in [0.4, 0.5) is 10.1 Å². The van der Waals surface area contributed by atoms with Gasteiger partial charge in [-0.2, -0.15) is 0 Å². The number of rotatable bonds is 5. The Hall–Kier alpha value is -1.62. The summed E-state index contributed by atoms with van der Waals surface area (Å²) in [6, 6.07) is 11.2. The van der Waals surface area contributed by atoms with Gasteiger partial charge in [0.1, 0.15) is 5.82 Å². The Morgan fingerprint density at radius 3 is 2.68 bits per heavy atom. The third kappa shape index (κ3) is 4.70. The number of amides is 1. The highest BCUT2D eigenvalue weighted by Crippen LogP contribution is 2.22. The smallest absolute Gasteiger partial charge is 0.238 e. The number of carbonyl (C=O) groups is 1. The molecular formula is C16H15Cl2FN2O. The van der Waals surface area contributed by atoms with Gasteiger partial charge in [0.2, 0.25) is 5.91 Å². The van der Waals surface area contributed by atoms with Gasteiger partial charge >= 0.3 is 0 Å². The molecule has 0 aliphatic heterocycles. The van der Waals surface area contributed by atoms with Crippen LogP contribution in [0.25, 0.3) is 0 Å². The van der Waals surface area contributed by atoms with Crippen molar-refractivity contribution < 1.29 is 9.18 Å². The Balaban J connectivity index is 1.90. The molecule has 3 nitrogen and oxygen atoms in total. The van der Waals surface area contributed by atoms with Gasteiger partial charge in [-0.15, -0.1) is 0 Å². The molecule has 2 aromatic carbocycles. The van der Waals surface area contributed by atoms with Gasteiger partial charge in [0.25, 0.3) is 0 Å². The summed E-state index contributed by atoms with van der Waals surface area (Å²) in [5.41, 5.74) is 1.37. The molecule has 0 radical (unpaired) electrons. The fourth-order valence-electron chi connectivity index (χ4n) is 1.92. The second-order valence-corrected chi connectivity index (χ2v) is 5.67. The Morgan fingerprint density at radius 2 is 2.00 bits per heavy atom. The molecule has 0 spiro atoms. The summed E-state index contributed by atoms with van der Waals surface area (Å²) in [7, 11) is 0. The molecule has 2 rings (SSSR count). The molecule has 1 atom stereocenters. The van der Waals surface area contributed by atoms with Gasteiger partial charge in [0.15, 0.2) is 0 Å². The first kappa shape index (κ1) is 16.7. The van der Waals surface area contributed by atoms with Gasteiger partial charge in [-0.3, -0.25) is 4.79 Å². The molecule has 6 heteroatoms. The monoisotopic (exact) mass is 340 g/mol. The van der Waals surface area contributed by atoms with Crippen LogP contribution in [-0.4, -0.2) is 12.5 Å². The van der Waals surface area contributed by atoms with Gasteiger partial charge in [-0.05, 0) is 42.8 Å². The molecule has 0 heterocycles. The number of hydrogen-bond acceptors (Lipinski definition) is 2. The number of halogens is 3. The predicted molar refractivity (Wildman–Crippen MR) is 87.9 cm³/mol. The number of benzene rings is 2. The SMILES string of the molecule is C[C@@H](NCC(=O)Nc1ccc(F)cc1Cl)c1cccc(Cl)c1. The van der Waals surface area contributed by atoms with E-state index in [-0.39, 0.29) is 23.5 Å². The van der Waals surface area contributed by atoms with E-state index < -0.39 is 5.82 Å². The molecule has 0 bridgehead atoms. The van der Waals surface area contributed by atoms with Gasteiger partial charge in [-0.1, -0.05) is 35.3 Å². The average molecular weight is 341 g/mol. The highest BCUT2D eigenvalue weighted by molar-refractivity contribution is 6.33. The minimum Gasteiger partial charge on any atom is -0.324 e. The maximum atomic E-state index is 12.9. The van der Waals surface area contributed by atoms with E-state index in [9.17, 15) is 9.18 Å². The van der Waals surface area contributed by atoms with Crippen molar-refractivity contribution >= 4 is 34.8 Å². The fraction of sp³-hybridized carbons (Fsp3) is 0.188. The molecule has 0 unspecified atom stereocenters. The van der Waals surface area contributed by atoms with E-state index in [4.69, 9.17) is 23.2 Å². The Labute approximate surface area is 138 Å². The molecule has 116 valence electrons. The number of anilines is 1. The Morgan fingerprint density at radius 1 is 1.23 bits per heavy atom. The molecule has 0 aromatic heterocycles. The van der Waals surface area contributed by atoms with E-state index in [1.165, 1.54) is 12.1 Å². The van der Waals surface area contributed by atoms with Crippen LogP contribution in [-0.2, 0) is 4.79 Å². The molecule has 22 heavy (non-hydrogen) atoms. The van der Waals surface area contributed by atoms with E-state index in [0.29, 0.717) is 10.7 Å². The quantitative estimate of drug-likeness (QED) is 0.845. The molecule has 0 saturated carbocycles. The predicted octanol–water partition coefficient (Wildman–Crippen LogP) is 4.42. The molecule has 2 aromatic rings. The van der Waals surface area contributed by atoms with Crippen LogP contribution in [0.5, 0.6) is 0 Å². The maximum Gasteiger partial charge on any atom is 0.238 e. The van der Waals surface area contributed by atoms with Crippen LogP contribution in [0.3, 0.4) is 0 Å². The van der Waals surface area contributed by atoms with Gasteiger partial charge in [0.05, 0.1) is 17.3 Å². The van der Waals surface area contributed by atoms with Gasteiger partial charge < -0.3 is 10.6 Å². The van der Waals surface area contributed by atoms with Crippen LogP contribution in [0.1, 0.15) is 18.5 Å². The molecule has 2 N–H and O–H groups in total. The normalized spacial score (nSPS) is 12.0. The van der Waals surface area contributed by atoms with Gasteiger partial charge in [-0.25, -0.2) is 4.39 Å². The van der Waals surface area contributed by atoms with Crippen molar-refractivity contribution in [2.45, 2.75) is 13.0 Å². The molecule has 0 fully saturated rings. The zero-order chi connectivity index (χ0) is 16.1. The van der Waals surface area contributed by atoms with Crippen molar-refractivity contribution in [3.8, 4) is 0 Å². The molecule has 0 aliphatic carbocycles. The highest BCUT2D eigenvalue weighted by Gasteiger charge is 2.10. The molecule has 0 aliphatic rings. The van der Waals surface area contributed by atoms with E-state index in [2.05, 4.69) is 10.6 Å². The summed E-state index contributed by atoms with van der Waals surface area (Å²) < 4.78 is 12.9. The maximum absolute atomic E-state index is 12.9. The van der Waals surface area contributed by atoms with E-state index in [1.54, 1.807) is 6.07 Å². The van der Waals surface area contributed by atoms with Crippen molar-refractivity contribution in [1.29, 1.82) is 0 Å². The number of nitrogens with one attached hydrogen (secondary N) is 2. The van der Waals surface area contributed by atoms with Crippen molar-refractivity contribution in [3.05, 3.63) is 63.9 Å². The number of hydrogen-bond donors (Lipinski definition) is 2. The standard InChI is InChI=1S/C16H15Cl2FN2O/c1-10(11-3-2-4-12(17)7-11)20-9-16(22)21-15-6-5-13(19)8-14(15)18/h2-8,10,20H,9H2,1H3,(H,21,22)/t10-/m1/s1. The first-order valence-electron chi connectivity index (χ1n) is 6.69. The first-order valence-corrected chi connectivity index (χ1v) is 7.45. The zero-order valence-electron chi connectivity index (χ0n) is 11.9. The molecule has 1 amide bonds. The lowest BCUT2D eigenvalue weighted by Crippen LogP contribution is -2.30. The van der Waals surface area contributed by atoms with Gasteiger partial charge in [0, 0.05) is 11.1 Å². The minimum atomic E-state index is -0.448. The topological polar surface area (TPSA) is 41.1 Å². The summed E-state index contributed by atoms with van der Waals surface area (Å²) in [4.78, 5) is 11.9. The second kappa shape index (κ2) is 7.58. The summed E-state index contributed by atoms with van der Waals surface area (Å²) >= 11 is 11.8. The van der Waals surface area contributed by atoms with E-state index >= 15 is 0 Å².